The van der Waals surface area contributed by atoms with Gasteiger partial charge in [0.05, 0.1) is 11.3 Å². The van der Waals surface area contributed by atoms with Crippen molar-refractivity contribution in [3.05, 3.63) is 24.0 Å². The van der Waals surface area contributed by atoms with Gasteiger partial charge in [-0.1, -0.05) is 38.6 Å². The van der Waals surface area contributed by atoms with Crippen molar-refractivity contribution in [1.82, 2.24) is 9.55 Å². The number of hydrogen-bond acceptors (Lipinski definition) is 3. The summed E-state index contributed by atoms with van der Waals surface area (Å²) in [4.78, 5) is 15.0. The number of para-hydroxylation sites is 1. The van der Waals surface area contributed by atoms with Crippen LogP contribution < -0.4 is 0 Å². The minimum atomic E-state index is -0.912. The van der Waals surface area contributed by atoms with Crippen molar-refractivity contribution in [2.75, 3.05) is 5.75 Å². The lowest BCUT2D eigenvalue weighted by atomic mass is 9.97. The fraction of sp³-hybridized carbons (Fsp3) is 0.429. The number of thioether (sulfide) groups is 1. The lowest BCUT2D eigenvalue weighted by molar-refractivity contribution is -0.133. The van der Waals surface area contributed by atoms with E-state index in [4.69, 9.17) is 5.11 Å². The zero-order valence-corrected chi connectivity index (χ0v) is 12.5. The molecular formula is C14H17FN2O2S. The highest BCUT2D eigenvalue weighted by Gasteiger charge is 2.19. The van der Waals surface area contributed by atoms with Gasteiger partial charge in [0, 0.05) is 6.54 Å². The van der Waals surface area contributed by atoms with E-state index in [0.717, 1.165) is 11.8 Å². The van der Waals surface area contributed by atoms with Crippen LogP contribution in [-0.2, 0) is 11.3 Å². The number of aliphatic carboxylic acids is 1. The van der Waals surface area contributed by atoms with Gasteiger partial charge in [-0.2, -0.15) is 0 Å². The lowest BCUT2D eigenvalue weighted by Gasteiger charge is -2.20. The first-order valence-corrected chi connectivity index (χ1v) is 7.26. The number of rotatable bonds is 4. The fourth-order valence-electron chi connectivity index (χ4n) is 1.96. The second kappa shape index (κ2) is 5.44. The first-order chi connectivity index (χ1) is 9.28. The van der Waals surface area contributed by atoms with E-state index in [1.807, 2.05) is 10.6 Å². The Labute approximate surface area is 121 Å². The van der Waals surface area contributed by atoms with E-state index < -0.39 is 5.97 Å². The number of carbonyl (C=O) groups is 1. The normalized spacial score (nSPS) is 12.0. The van der Waals surface area contributed by atoms with Crippen LogP contribution >= 0.6 is 11.8 Å². The molecule has 0 atom stereocenters. The van der Waals surface area contributed by atoms with Crippen LogP contribution in [0.5, 0.6) is 0 Å². The highest BCUT2D eigenvalue weighted by atomic mass is 32.2. The van der Waals surface area contributed by atoms with Gasteiger partial charge in [0.2, 0.25) is 0 Å². The van der Waals surface area contributed by atoms with Crippen LogP contribution in [0, 0.1) is 11.2 Å². The zero-order valence-electron chi connectivity index (χ0n) is 11.7. The topological polar surface area (TPSA) is 55.1 Å². The van der Waals surface area contributed by atoms with E-state index in [-0.39, 0.29) is 17.0 Å². The molecule has 20 heavy (non-hydrogen) atoms. The molecule has 0 bridgehead atoms. The zero-order chi connectivity index (χ0) is 14.9. The molecule has 2 aromatic rings. The predicted molar refractivity (Wildman–Crippen MR) is 77.5 cm³/mol. The molecule has 4 nitrogen and oxygen atoms in total. The maximum Gasteiger partial charge on any atom is 0.313 e. The van der Waals surface area contributed by atoms with Gasteiger partial charge in [0.1, 0.15) is 5.52 Å². The van der Waals surface area contributed by atoms with Crippen molar-refractivity contribution < 1.29 is 14.3 Å². The van der Waals surface area contributed by atoms with Gasteiger partial charge in [-0.3, -0.25) is 4.79 Å². The molecular weight excluding hydrogens is 279 g/mol. The quantitative estimate of drug-likeness (QED) is 0.879. The lowest BCUT2D eigenvalue weighted by Crippen LogP contribution is -2.16. The molecule has 0 aliphatic rings. The standard InChI is InChI=1S/C14H17FN2O2S/c1-14(2,3)8-17-10-6-4-5-9(15)12(10)16-13(17)20-7-11(18)19/h4-6H,7-8H2,1-3H3,(H,18,19). The SMILES string of the molecule is CC(C)(C)Cn1c(SCC(=O)O)nc2c(F)cccc21. The monoisotopic (exact) mass is 296 g/mol. The van der Waals surface area contributed by atoms with E-state index in [1.54, 1.807) is 6.07 Å². The van der Waals surface area contributed by atoms with Crippen molar-refractivity contribution >= 4 is 28.8 Å². The minimum Gasteiger partial charge on any atom is -0.481 e. The smallest absolute Gasteiger partial charge is 0.313 e. The van der Waals surface area contributed by atoms with Crippen LogP contribution in [0.1, 0.15) is 20.8 Å². The van der Waals surface area contributed by atoms with Gasteiger partial charge in [-0.05, 0) is 17.5 Å². The predicted octanol–water partition coefficient (Wildman–Crippen LogP) is 3.40. The summed E-state index contributed by atoms with van der Waals surface area (Å²) in [6, 6.07) is 4.81. The first kappa shape index (κ1) is 14.8. The summed E-state index contributed by atoms with van der Waals surface area (Å²) in [5.74, 6) is -1.38. The average Bonchev–Trinajstić information content (AvgIpc) is 2.65. The van der Waals surface area contributed by atoms with E-state index in [1.165, 1.54) is 6.07 Å². The van der Waals surface area contributed by atoms with Gasteiger partial charge in [-0.25, -0.2) is 9.37 Å². The number of carboxylic acids is 1. The number of fused-ring (bicyclic) bond motifs is 1. The van der Waals surface area contributed by atoms with E-state index in [0.29, 0.717) is 22.7 Å². The number of nitrogens with zero attached hydrogens (tertiary/aromatic N) is 2. The minimum absolute atomic E-state index is 0.0154. The molecule has 108 valence electrons. The van der Waals surface area contributed by atoms with Gasteiger partial charge < -0.3 is 9.67 Å². The van der Waals surface area contributed by atoms with Gasteiger partial charge in [0.15, 0.2) is 11.0 Å². The summed E-state index contributed by atoms with van der Waals surface area (Å²) >= 11 is 1.12. The summed E-state index contributed by atoms with van der Waals surface area (Å²) in [7, 11) is 0. The molecule has 6 heteroatoms. The van der Waals surface area contributed by atoms with Gasteiger partial charge in [0.25, 0.3) is 0 Å². The van der Waals surface area contributed by atoms with Crippen molar-refractivity contribution in [2.24, 2.45) is 5.41 Å². The van der Waals surface area contributed by atoms with Crippen molar-refractivity contribution in [3.8, 4) is 0 Å². The molecule has 0 saturated heterocycles. The molecule has 0 radical (unpaired) electrons. The van der Waals surface area contributed by atoms with Crippen molar-refractivity contribution in [3.63, 3.8) is 0 Å². The Morgan fingerprint density at radius 1 is 1.45 bits per heavy atom. The fourth-order valence-corrected chi connectivity index (χ4v) is 2.68. The third-order valence-electron chi connectivity index (χ3n) is 2.65. The van der Waals surface area contributed by atoms with Crippen molar-refractivity contribution in [1.29, 1.82) is 0 Å². The van der Waals surface area contributed by atoms with Crippen LogP contribution in [0.4, 0.5) is 4.39 Å². The Balaban J connectivity index is 2.50. The largest absolute Gasteiger partial charge is 0.481 e. The molecule has 1 aromatic heterocycles. The Morgan fingerprint density at radius 3 is 2.75 bits per heavy atom. The van der Waals surface area contributed by atoms with Crippen LogP contribution in [0.25, 0.3) is 11.0 Å². The Kier molecular flexibility index (Phi) is 4.04. The van der Waals surface area contributed by atoms with Crippen LogP contribution in [0.15, 0.2) is 23.4 Å². The Morgan fingerprint density at radius 2 is 2.15 bits per heavy atom. The average molecular weight is 296 g/mol. The molecule has 2 rings (SSSR count). The molecule has 1 N–H and O–H groups in total. The van der Waals surface area contributed by atoms with Crippen LogP contribution in [0.2, 0.25) is 0 Å². The molecule has 0 spiro atoms. The van der Waals surface area contributed by atoms with Crippen LogP contribution in [-0.4, -0.2) is 26.4 Å². The molecule has 1 aromatic carbocycles. The third kappa shape index (κ3) is 3.30. The maximum atomic E-state index is 13.8. The van der Waals surface area contributed by atoms with Gasteiger partial charge >= 0.3 is 5.97 Å². The number of imidazole rings is 1. The second-order valence-electron chi connectivity index (χ2n) is 5.83. The number of benzene rings is 1. The highest BCUT2D eigenvalue weighted by Crippen LogP contribution is 2.29. The highest BCUT2D eigenvalue weighted by molar-refractivity contribution is 7.99. The third-order valence-corrected chi connectivity index (χ3v) is 3.61. The molecule has 0 amide bonds. The number of halogens is 1. The molecule has 0 unspecified atom stereocenters. The van der Waals surface area contributed by atoms with Crippen molar-refractivity contribution in [2.45, 2.75) is 32.5 Å². The van der Waals surface area contributed by atoms with E-state index in [9.17, 15) is 9.18 Å². The van der Waals surface area contributed by atoms with Crippen LogP contribution in [0.3, 0.4) is 0 Å². The van der Waals surface area contributed by atoms with E-state index >= 15 is 0 Å². The Hall–Kier alpha value is -1.56. The number of aromatic nitrogens is 2. The molecule has 0 aliphatic heterocycles. The summed E-state index contributed by atoms with van der Waals surface area (Å²) in [5.41, 5.74) is 0.982. The molecule has 0 fully saturated rings. The number of hydrogen-bond donors (Lipinski definition) is 1. The summed E-state index contributed by atoms with van der Waals surface area (Å²) in [6.45, 7) is 6.87. The maximum absolute atomic E-state index is 13.8. The summed E-state index contributed by atoms with van der Waals surface area (Å²) in [5, 5.41) is 9.34. The second-order valence-corrected chi connectivity index (χ2v) is 6.77. The molecule has 1 heterocycles. The number of carboxylic acid groups (broad SMARTS) is 1. The van der Waals surface area contributed by atoms with Gasteiger partial charge in [-0.15, -0.1) is 0 Å². The summed E-state index contributed by atoms with van der Waals surface area (Å²) in [6.07, 6.45) is 0. The molecule has 0 aliphatic carbocycles. The molecule has 0 saturated carbocycles. The Bertz CT molecular complexity index is 646. The van der Waals surface area contributed by atoms with E-state index in [2.05, 4.69) is 25.8 Å². The first-order valence-electron chi connectivity index (χ1n) is 6.27. The summed E-state index contributed by atoms with van der Waals surface area (Å²) < 4.78 is 15.7.